The lowest BCUT2D eigenvalue weighted by molar-refractivity contribution is -0.145. The van der Waals surface area contributed by atoms with Gasteiger partial charge in [-0.2, -0.15) is 0 Å². The maximum absolute atomic E-state index is 12.6. The Morgan fingerprint density at radius 1 is 1.21 bits per heavy atom. The van der Waals surface area contributed by atoms with Gasteiger partial charge >= 0.3 is 17.8 Å². The molecule has 1 saturated carbocycles. The fourth-order valence-electron chi connectivity index (χ4n) is 3.59. The average Bonchev–Trinajstić information content (AvgIpc) is 3.44. The van der Waals surface area contributed by atoms with Crippen LogP contribution in [0, 0.1) is 0 Å². The molecule has 3 rings (SSSR count). The molecule has 9 nitrogen and oxygen atoms in total. The van der Waals surface area contributed by atoms with Crippen molar-refractivity contribution in [3.8, 4) is 0 Å². The first kappa shape index (κ1) is 21.0. The molecule has 1 aromatic heterocycles. The van der Waals surface area contributed by atoms with Crippen LogP contribution in [0.2, 0.25) is 0 Å². The van der Waals surface area contributed by atoms with Gasteiger partial charge in [0, 0.05) is 17.5 Å². The molecule has 0 spiro atoms. The minimum atomic E-state index is -0.978. The number of hydrogen-bond donors (Lipinski definition) is 1. The number of carbonyl (C=O) groups is 5. The highest BCUT2D eigenvalue weighted by molar-refractivity contribution is 7.09. The lowest BCUT2D eigenvalue weighted by atomic mass is 10.2. The summed E-state index contributed by atoms with van der Waals surface area (Å²) in [4.78, 5) is 65.7. The Morgan fingerprint density at radius 2 is 1.93 bits per heavy atom. The van der Waals surface area contributed by atoms with E-state index in [2.05, 4.69) is 5.32 Å². The van der Waals surface area contributed by atoms with E-state index >= 15 is 0 Å². The van der Waals surface area contributed by atoms with Crippen molar-refractivity contribution in [3.05, 3.63) is 22.4 Å². The van der Waals surface area contributed by atoms with E-state index in [0.29, 0.717) is 24.3 Å². The van der Waals surface area contributed by atoms with E-state index in [4.69, 9.17) is 0 Å². The summed E-state index contributed by atoms with van der Waals surface area (Å²) in [7, 11) is 0. The van der Waals surface area contributed by atoms with Gasteiger partial charge < -0.3 is 10.2 Å². The fourth-order valence-corrected chi connectivity index (χ4v) is 4.23. The molecule has 0 atom stereocenters. The molecule has 1 saturated heterocycles. The van der Waals surface area contributed by atoms with Crippen LogP contribution in [0.3, 0.4) is 0 Å². The third kappa shape index (κ3) is 4.64. The van der Waals surface area contributed by atoms with E-state index in [1.165, 1.54) is 16.2 Å². The molecule has 0 bridgehead atoms. The fraction of sp³-hybridized carbons (Fsp3) is 0.526. The highest BCUT2D eigenvalue weighted by Gasteiger charge is 2.48. The number of hydrogen-bond acceptors (Lipinski definition) is 6. The first-order valence-corrected chi connectivity index (χ1v) is 10.6. The van der Waals surface area contributed by atoms with Crippen LogP contribution in [-0.4, -0.2) is 70.0 Å². The Bertz CT molecular complexity index is 804. The van der Waals surface area contributed by atoms with Crippen molar-refractivity contribution >= 4 is 41.0 Å². The van der Waals surface area contributed by atoms with Gasteiger partial charge in [-0.05, 0) is 31.2 Å². The number of amides is 6. The molecule has 2 aliphatic rings. The van der Waals surface area contributed by atoms with Crippen LogP contribution in [0.25, 0.3) is 0 Å². The van der Waals surface area contributed by atoms with E-state index in [0.717, 1.165) is 22.6 Å². The van der Waals surface area contributed by atoms with E-state index in [1.54, 1.807) is 6.92 Å². The Balaban J connectivity index is 1.56. The second-order valence-corrected chi connectivity index (χ2v) is 8.08. The number of nitrogens with zero attached hydrogens (tertiary/aromatic N) is 3. The topological polar surface area (TPSA) is 107 Å². The number of imide groups is 2. The van der Waals surface area contributed by atoms with E-state index in [1.807, 2.05) is 17.5 Å². The van der Waals surface area contributed by atoms with Gasteiger partial charge in [0.05, 0.1) is 13.1 Å². The molecule has 0 aromatic carbocycles. The summed E-state index contributed by atoms with van der Waals surface area (Å²) in [6.07, 6.45) is 3.16. The molecule has 1 N–H and O–H groups in total. The molecule has 6 amide bonds. The summed E-state index contributed by atoms with van der Waals surface area (Å²) < 4.78 is 0. The quantitative estimate of drug-likeness (QED) is 0.498. The monoisotopic (exact) mass is 420 g/mol. The Labute approximate surface area is 172 Å². The molecule has 29 heavy (non-hydrogen) atoms. The standard InChI is InChI=1S/C19H24N4O5S/c1-2-21(11-15(24)20-10-14-8-5-9-29-14)16(25)12-22-17(26)18(27)23(19(22)28)13-6-3-4-7-13/h5,8-9,13H,2-4,6-7,10-12H2,1H3,(H,20,24). The number of nitrogens with one attached hydrogen (secondary N) is 1. The van der Waals surface area contributed by atoms with Gasteiger partial charge in [-0.3, -0.25) is 24.1 Å². The molecule has 1 aliphatic carbocycles. The van der Waals surface area contributed by atoms with Crippen molar-refractivity contribution in [2.75, 3.05) is 19.6 Å². The second kappa shape index (κ2) is 9.17. The summed E-state index contributed by atoms with van der Waals surface area (Å²) in [5, 5.41) is 4.64. The normalized spacial score (nSPS) is 17.3. The van der Waals surface area contributed by atoms with Gasteiger partial charge in [0.15, 0.2) is 0 Å². The molecule has 1 aliphatic heterocycles. The van der Waals surface area contributed by atoms with Crippen LogP contribution in [0.1, 0.15) is 37.5 Å². The average molecular weight is 420 g/mol. The van der Waals surface area contributed by atoms with Crippen molar-refractivity contribution in [1.29, 1.82) is 0 Å². The van der Waals surface area contributed by atoms with Crippen LogP contribution < -0.4 is 5.32 Å². The highest BCUT2D eigenvalue weighted by atomic mass is 32.1. The van der Waals surface area contributed by atoms with Crippen LogP contribution in [0.4, 0.5) is 4.79 Å². The molecule has 156 valence electrons. The SMILES string of the molecule is CCN(CC(=O)NCc1cccs1)C(=O)CN1C(=O)C(=O)N(C2CCCC2)C1=O. The Morgan fingerprint density at radius 3 is 2.55 bits per heavy atom. The molecule has 0 unspecified atom stereocenters. The smallest absolute Gasteiger partial charge is 0.334 e. The largest absolute Gasteiger partial charge is 0.350 e. The van der Waals surface area contributed by atoms with E-state index in [-0.39, 0.29) is 25.0 Å². The Hall–Kier alpha value is -2.75. The molecular formula is C19H24N4O5S. The number of likely N-dealkylation sites (N-methyl/N-ethyl adjacent to an activating group) is 1. The van der Waals surface area contributed by atoms with Crippen molar-refractivity contribution in [3.63, 3.8) is 0 Å². The summed E-state index contributed by atoms with van der Waals surface area (Å²) in [6.45, 7) is 1.59. The highest BCUT2D eigenvalue weighted by Crippen LogP contribution is 2.27. The number of urea groups is 1. The van der Waals surface area contributed by atoms with E-state index in [9.17, 15) is 24.0 Å². The molecule has 2 fully saturated rings. The van der Waals surface area contributed by atoms with Gasteiger partial charge in [-0.1, -0.05) is 18.9 Å². The number of carbonyl (C=O) groups excluding carboxylic acids is 5. The minimum Gasteiger partial charge on any atom is -0.350 e. The third-order valence-corrected chi connectivity index (χ3v) is 6.05. The number of thiophene rings is 1. The van der Waals surface area contributed by atoms with Gasteiger partial charge in [-0.25, -0.2) is 9.69 Å². The molecule has 10 heteroatoms. The first-order valence-electron chi connectivity index (χ1n) is 9.68. The van der Waals surface area contributed by atoms with Crippen molar-refractivity contribution in [2.24, 2.45) is 0 Å². The van der Waals surface area contributed by atoms with Crippen molar-refractivity contribution < 1.29 is 24.0 Å². The summed E-state index contributed by atoms with van der Waals surface area (Å²) >= 11 is 1.51. The van der Waals surface area contributed by atoms with Gasteiger partial charge in [0.25, 0.3) is 0 Å². The zero-order chi connectivity index (χ0) is 21.0. The van der Waals surface area contributed by atoms with Crippen LogP contribution in [0.5, 0.6) is 0 Å². The zero-order valence-corrected chi connectivity index (χ0v) is 17.1. The number of rotatable bonds is 8. The van der Waals surface area contributed by atoms with Gasteiger partial charge in [0.1, 0.15) is 6.54 Å². The third-order valence-electron chi connectivity index (χ3n) is 5.18. The van der Waals surface area contributed by atoms with Gasteiger partial charge in [0.2, 0.25) is 11.8 Å². The molecule has 0 radical (unpaired) electrons. The van der Waals surface area contributed by atoms with E-state index < -0.39 is 30.3 Å². The van der Waals surface area contributed by atoms with Crippen LogP contribution >= 0.6 is 11.3 Å². The van der Waals surface area contributed by atoms with Crippen LogP contribution in [-0.2, 0) is 25.7 Å². The van der Waals surface area contributed by atoms with Crippen molar-refractivity contribution in [2.45, 2.75) is 45.2 Å². The molecular weight excluding hydrogens is 396 g/mol. The Kier molecular flexibility index (Phi) is 6.63. The predicted octanol–water partition coefficient (Wildman–Crippen LogP) is 0.946. The van der Waals surface area contributed by atoms with Crippen molar-refractivity contribution in [1.82, 2.24) is 20.0 Å². The molecule has 1 aromatic rings. The molecule has 2 heterocycles. The maximum Gasteiger partial charge on any atom is 0.334 e. The first-order chi connectivity index (χ1) is 13.9. The summed E-state index contributed by atoms with van der Waals surface area (Å²) in [5.74, 6) is -2.74. The summed E-state index contributed by atoms with van der Waals surface area (Å²) in [5.41, 5.74) is 0. The van der Waals surface area contributed by atoms with Crippen LogP contribution in [0.15, 0.2) is 17.5 Å². The second-order valence-electron chi connectivity index (χ2n) is 7.05. The minimum absolute atomic E-state index is 0.183. The lowest BCUT2D eigenvalue weighted by Gasteiger charge is -2.24. The summed E-state index contributed by atoms with van der Waals surface area (Å²) in [6, 6.07) is 2.77. The van der Waals surface area contributed by atoms with Gasteiger partial charge in [-0.15, -0.1) is 11.3 Å². The predicted molar refractivity (Wildman–Crippen MR) is 105 cm³/mol. The zero-order valence-electron chi connectivity index (χ0n) is 16.3. The lowest BCUT2D eigenvalue weighted by Crippen LogP contribution is -2.47. The maximum atomic E-state index is 12.6.